The molecule has 0 radical (unpaired) electrons. The van der Waals surface area contributed by atoms with Crippen molar-refractivity contribution >= 4 is 17.5 Å². The Hall–Kier alpha value is -4.18. The van der Waals surface area contributed by atoms with Crippen molar-refractivity contribution in [2.24, 2.45) is 5.10 Å². The molecule has 1 aliphatic heterocycles. The summed E-state index contributed by atoms with van der Waals surface area (Å²) in [5.41, 5.74) is 2.03. The van der Waals surface area contributed by atoms with Crippen molar-refractivity contribution in [3.05, 3.63) is 83.6 Å². The lowest BCUT2D eigenvalue weighted by atomic mass is 9.97. The monoisotopic (exact) mass is 509 g/mol. The largest absolute Gasteiger partial charge is 0.497 e. The third-order valence-corrected chi connectivity index (χ3v) is 6.05. The Labute approximate surface area is 214 Å². The number of hydrogen-bond donors (Lipinski definition) is 0. The normalized spacial score (nSPS) is 14.9. The van der Waals surface area contributed by atoms with Gasteiger partial charge in [-0.2, -0.15) is 5.10 Å². The highest BCUT2D eigenvalue weighted by molar-refractivity contribution is 6.05. The lowest BCUT2D eigenvalue weighted by molar-refractivity contribution is -0.133. The molecule has 0 N–H and O–H groups in total. The number of carbonyl (C=O) groups is 2. The van der Waals surface area contributed by atoms with Crippen LogP contribution in [-0.2, 0) is 9.53 Å². The van der Waals surface area contributed by atoms with Gasteiger partial charge in [0.2, 0.25) is 0 Å². The molecule has 0 bridgehead atoms. The SMILES string of the molecule is COCCN(CC(=O)N1N=C(c2ccc(OC)cc2OC)CC1c1ccc(F)cc1)C(=O)c1ccco1. The van der Waals surface area contributed by atoms with E-state index in [0.29, 0.717) is 34.8 Å². The van der Waals surface area contributed by atoms with Gasteiger partial charge < -0.3 is 23.5 Å². The van der Waals surface area contributed by atoms with Crippen LogP contribution in [0.25, 0.3) is 0 Å². The van der Waals surface area contributed by atoms with Gasteiger partial charge in [-0.3, -0.25) is 9.59 Å². The van der Waals surface area contributed by atoms with E-state index in [-0.39, 0.29) is 31.3 Å². The Kier molecular flexibility index (Phi) is 8.19. The summed E-state index contributed by atoms with van der Waals surface area (Å²) in [6.07, 6.45) is 1.76. The molecule has 1 aromatic heterocycles. The van der Waals surface area contributed by atoms with E-state index in [0.717, 1.165) is 0 Å². The van der Waals surface area contributed by atoms with Crippen LogP contribution in [-0.4, -0.2) is 68.5 Å². The zero-order valence-electron chi connectivity index (χ0n) is 20.8. The number of hydrogen-bond acceptors (Lipinski definition) is 7. The first-order chi connectivity index (χ1) is 17.9. The predicted molar refractivity (Wildman–Crippen MR) is 133 cm³/mol. The average Bonchev–Trinajstić information content (AvgIpc) is 3.61. The van der Waals surface area contributed by atoms with E-state index in [1.54, 1.807) is 44.6 Å². The summed E-state index contributed by atoms with van der Waals surface area (Å²) in [6, 6.07) is 13.9. The Morgan fingerprint density at radius 3 is 2.54 bits per heavy atom. The van der Waals surface area contributed by atoms with E-state index in [9.17, 15) is 14.0 Å². The summed E-state index contributed by atoms with van der Waals surface area (Å²) >= 11 is 0. The summed E-state index contributed by atoms with van der Waals surface area (Å²) in [4.78, 5) is 27.9. The number of halogens is 1. The van der Waals surface area contributed by atoms with Crippen LogP contribution in [0.4, 0.5) is 4.39 Å². The first-order valence-corrected chi connectivity index (χ1v) is 11.6. The Morgan fingerprint density at radius 1 is 1.11 bits per heavy atom. The summed E-state index contributed by atoms with van der Waals surface area (Å²) < 4.78 is 34.9. The summed E-state index contributed by atoms with van der Waals surface area (Å²) in [6.45, 7) is 0.162. The minimum atomic E-state index is -0.502. The van der Waals surface area contributed by atoms with Gasteiger partial charge in [0.25, 0.3) is 11.8 Å². The molecule has 0 spiro atoms. The molecule has 0 fully saturated rings. The summed E-state index contributed by atoms with van der Waals surface area (Å²) in [5, 5.41) is 6.00. The van der Waals surface area contributed by atoms with Crippen molar-refractivity contribution in [1.29, 1.82) is 0 Å². The number of hydrazone groups is 1. The van der Waals surface area contributed by atoms with Crippen molar-refractivity contribution < 1.29 is 32.6 Å². The van der Waals surface area contributed by atoms with Crippen LogP contribution in [0.3, 0.4) is 0 Å². The van der Waals surface area contributed by atoms with Gasteiger partial charge in [-0.05, 0) is 42.0 Å². The Bertz CT molecular complexity index is 1260. The number of nitrogens with zero attached hydrogens (tertiary/aromatic N) is 3. The molecule has 2 amide bonds. The molecule has 37 heavy (non-hydrogen) atoms. The highest BCUT2D eigenvalue weighted by Crippen LogP contribution is 2.36. The minimum Gasteiger partial charge on any atom is -0.497 e. The fraction of sp³-hybridized carbons (Fsp3) is 0.296. The van der Waals surface area contributed by atoms with Gasteiger partial charge >= 0.3 is 0 Å². The topological polar surface area (TPSA) is 93.8 Å². The quantitative estimate of drug-likeness (QED) is 0.412. The molecule has 9 nitrogen and oxygen atoms in total. The number of carbonyl (C=O) groups excluding carboxylic acids is 2. The molecular formula is C27H28FN3O6. The molecule has 0 aliphatic carbocycles. The molecule has 0 saturated heterocycles. The van der Waals surface area contributed by atoms with Crippen LogP contribution < -0.4 is 9.47 Å². The zero-order chi connectivity index (χ0) is 26.4. The molecule has 2 aromatic carbocycles. The highest BCUT2D eigenvalue weighted by atomic mass is 19.1. The molecule has 0 saturated carbocycles. The second-order valence-corrected chi connectivity index (χ2v) is 8.32. The predicted octanol–water partition coefficient (Wildman–Crippen LogP) is 3.90. The molecule has 3 aromatic rings. The fourth-order valence-electron chi connectivity index (χ4n) is 4.13. The van der Waals surface area contributed by atoms with Crippen molar-refractivity contribution in [2.45, 2.75) is 12.5 Å². The second kappa shape index (κ2) is 11.7. The van der Waals surface area contributed by atoms with Gasteiger partial charge in [0.05, 0.1) is 38.8 Å². The van der Waals surface area contributed by atoms with E-state index in [4.69, 9.17) is 18.6 Å². The van der Waals surface area contributed by atoms with Gasteiger partial charge in [-0.1, -0.05) is 12.1 Å². The van der Waals surface area contributed by atoms with E-state index < -0.39 is 17.9 Å². The van der Waals surface area contributed by atoms with E-state index in [1.165, 1.54) is 41.5 Å². The molecule has 1 unspecified atom stereocenters. The third kappa shape index (κ3) is 5.80. The standard InChI is InChI=1S/C27H28FN3O6/c1-34-14-12-30(27(33)24-5-4-13-37-24)17-26(32)31-23(18-6-8-19(28)9-7-18)16-22(29-31)21-11-10-20(35-2)15-25(21)36-3/h4-11,13,15,23H,12,14,16-17H2,1-3H3. The smallest absolute Gasteiger partial charge is 0.290 e. The number of methoxy groups -OCH3 is 3. The number of ether oxygens (including phenoxy) is 3. The van der Waals surface area contributed by atoms with Crippen LogP contribution >= 0.6 is 0 Å². The van der Waals surface area contributed by atoms with Crippen LogP contribution in [0.15, 0.2) is 70.4 Å². The molecule has 10 heteroatoms. The number of benzene rings is 2. The lowest BCUT2D eigenvalue weighted by Gasteiger charge is -2.26. The van der Waals surface area contributed by atoms with Crippen molar-refractivity contribution in [2.75, 3.05) is 41.0 Å². The number of amides is 2. The Morgan fingerprint density at radius 2 is 1.89 bits per heavy atom. The van der Waals surface area contributed by atoms with Gasteiger partial charge in [-0.25, -0.2) is 9.40 Å². The highest BCUT2D eigenvalue weighted by Gasteiger charge is 2.35. The zero-order valence-corrected chi connectivity index (χ0v) is 20.8. The number of rotatable bonds is 10. The fourth-order valence-corrected chi connectivity index (χ4v) is 4.13. The first-order valence-electron chi connectivity index (χ1n) is 11.6. The van der Waals surface area contributed by atoms with E-state index in [2.05, 4.69) is 5.10 Å². The average molecular weight is 510 g/mol. The first kappa shape index (κ1) is 25.9. The minimum absolute atomic E-state index is 0.118. The van der Waals surface area contributed by atoms with Crippen molar-refractivity contribution in [1.82, 2.24) is 9.91 Å². The van der Waals surface area contributed by atoms with Crippen molar-refractivity contribution in [3.8, 4) is 11.5 Å². The third-order valence-electron chi connectivity index (χ3n) is 6.05. The van der Waals surface area contributed by atoms with E-state index in [1.807, 2.05) is 6.07 Å². The maximum Gasteiger partial charge on any atom is 0.290 e. The molecule has 2 heterocycles. The van der Waals surface area contributed by atoms with Gasteiger partial charge in [0.15, 0.2) is 5.76 Å². The Balaban J connectivity index is 1.66. The van der Waals surface area contributed by atoms with Crippen molar-refractivity contribution in [3.63, 3.8) is 0 Å². The molecule has 4 rings (SSSR count). The van der Waals surface area contributed by atoms with Crippen LogP contribution in [0, 0.1) is 5.82 Å². The van der Waals surface area contributed by atoms with Crippen LogP contribution in [0.1, 0.15) is 34.1 Å². The van der Waals surface area contributed by atoms with Gasteiger partial charge in [-0.15, -0.1) is 0 Å². The molecule has 1 atom stereocenters. The molecule has 1 aliphatic rings. The van der Waals surface area contributed by atoms with E-state index >= 15 is 0 Å². The van der Waals surface area contributed by atoms with Gasteiger partial charge in [0.1, 0.15) is 23.9 Å². The maximum absolute atomic E-state index is 13.7. The second-order valence-electron chi connectivity index (χ2n) is 8.32. The maximum atomic E-state index is 13.7. The molecule has 194 valence electrons. The molecular weight excluding hydrogens is 481 g/mol. The van der Waals surface area contributed by atoms with Crippen LogP contribution in [0.5, 0.6) is 11.5 Å². The van der Waals surface area contributed by atoms with Gasteiger partial charge in [0, 0.05) is 31.7 Å². The van der Waals surface area contributed by atoms with Crippen LogP contribution in [0.2, 0.25) is 0 Å². The summed E-state index contributed by atoms with van der Waals surface area (Å²) in [7, 11) is 4.62. The number of furan rings is 1. The lowest BCUT2D eigenvalue weighted by Crippen LogP contribution is -2.42. The summed E-state index contributed by atoms with van der Waals surface area (Å²) in [5.74, 6) is 0.0501.